The monoisotopic (exact) mass is 313 g/mol. The molecule has 22 heavy (non-hydrogen) atoms. The fourth-order valence-corrected chi connectivity index (χ4v) is 1.43. The van der Waals surface area contributed by atoms with Gasteiger partial charge < -0.3 is 14.8 Å². The minimum atomic E-state index is -0.499. The van der Waals surface area contributed by atoms with Crippen LogP contribution in [0.25, 0.3) is 0 Å². The van der Waals surface area contributed by atoms with Crippen LogP contribution in [-0.4, -0.2) is 37.6 Å². The summed E-state index contributed by atoms with van der Waals surface area (Å²) in [4.78, 5) is 32.2. The van der Waals surface area contributed by atoms with Gasteiger partial charge in [0.05, 0.1) is 13.2 Å². The maximum Gasteiger partial charge on any atom is 0.331 e. The summed E-state index contributed by atoms with van der Waals surface area (Å²) in [5.41, 5.74) is 0. The molecule has 6 nitrogen and oxygen atoms in total. The van der Waals surface area contributed by atoms with Gasteiger partial charge in [-0.3, -0.25) is 4.79 Å². The number of ether oxygens (including phenoxy) is 2. The molecule has 0 spiro atoms. The van der Waals surface area contributed by atoms with Crippen molar-refractivity contribution in [2.24, 2.45) is 0 Å². The van der Waals surface area contributed by atoms with Crippen LogP contribution < -0.4 is 5.32 Å². The van der Waals surface area contributed by atoms with Crippen LogP contribution in [-0.2, 0) is 23.9 Å². The molecule has 1 amide bonds. The molecule has 0 saturated carbocycles. The smallest absolute Gasteiger partial charge is 0.331 e. The second-order valence-electron chi connectivity index (χ2n) is 4.83. The highest BCUT2D eigenvalue weighted by atomic mass is 16.5. The number of unbranched alkanes of at least 4 members (excludes halogenated alkanes) is 2. The van der Waals surface area contributed by atoms with Crippen LogP contribution in [0, 0.1) is 0 Å². The van der Waals surface area contributed by atoms with Gasteiger partial charge in [0.2, 0.25) is 5.91 Å². The van der Waals surface area contributed by atoms with E-state index in [4.69, 9.17) is 9.47 Å². The Hall–Kier alpha value is -1.85. The minimum Gasteiger partial charge on any atom is -0.463 e. The SMILES string of the molecule is CCCCOC(=O)C=CC(=O)OCCCC.O=C1CCCN1. The largest absolute Gasteiger partial charge is 0.463 e. The van der Waals surface area contributed by atoms with E-state index in [1.807, 2.05) is 13.8 Å². The number of carbonyl (C=O) groups excluding carboxylic acids is 3. The Morgan fingerprint density at radius 3 is 1.82 bits per heavy atom. The van der Waals surface area contributed by atoms with E-state index in [1.54, 1.807) is 0 Å². The number of nitrogens with one attached hydrogen (secondary N) is 1. The Bertz CT molecular complexity index is 334. The third kappa shape index (κ3) is 13.1. The first kappa shape index (κ1) is 20.1. The minimum absolute atomic E-state index is 0.204. The lowest BCUT2D eigenvalue weighted by molar-refractivity contribution is -0.140. The van der Waals surface area contributed by atoms with E-state index in [-0.39, 0.29) is 5.91 Å². The van der Waals surface area contributed by atoms with Gasteiger partial charge in [0.25, 0.3) is 0 Å². The number of carbonyl (C=O) groups is 3. The van der Waals surface area contributed by atoms with Crippen LogP contribution in [0.3, 0.4) is 0 Å². The van der Waals surface area contributed by atoms with Gasteiger partial charge >= 0.3 is 11.9 Å². The molecule has 1 aliphatic rings. The molecule has 126 valence electrons. The molecule has 0 atom stereocenters. The average molecular weight is 313 g/mol. The summed E-state index contributed by atoms with van der Waals surface area (Å²) in [6.07, 6.45) is 7.57. The Balaban J connectivity index is 0.000000604. The zero-order valence-corrected chi connectivity index (χ0v) is 13.6. The summed E-state index contributed by atoms with van der Waals surface area (Å²) in [5, 5.41) is 2.68. The first-order valence-corrected chi connectivity index (χ1v) is 7.88. The number of hydrogen-bond donors (Lipinski definition) is 1. The summed E-state index contributed by atoms with van der Waals surface area (Å²) in [5.74, 6) is -0.795. The zero-order valence-electron chi connectivity index (χ0n) is 13.6. The predicted molar refractivity (Wildman–Crippen MR) is 83.1 cm³/mol. The second-order valence-corrected chi connectivity index (χ2v) is 4.83. The standard InChI is InChI=1S/C12H20O4.C4H7NO/c1-3-5-9-15-11(13)7-8-12(14)16-10-6-4-2;6-4-2-1-3-5-4/h7-8H,3-6,9-10H2,1-2H3;1-3H2,(H,5,6). The molecule has 1 heterocycles. The van der Waals surface area contributed by atoms with Gasteiger partial charge in [0.1, 0.15) is 0 Å². The third-order valence-electron chi connectivity index (χ3n) is 2.74. The van der Waals surface area contributed by atoms with Gasteiger partial charge in [-0.2, -0.15) is 0 Å². The molecule has 1 N–H and O–H groups in total. The quantitative estimate of drug-likeness (QED) is 0.422. The van der Waals surface area contributed by atoms with Crippen molar-refractivity contribution in [1.29, 1.82) is 0 Å². The van der Waals surface area contributed by atoms with Crippen LogP contribution in [0.15, 0.2) is 12.2 Å². The number of amides is 1. The fraction of sp³-hybridized carbons (Fsp3) is 0.688. The van der Waals surface area contributed by atoms with Crippen molar-refractivity contribution >= 4 is 17.8 Å². The van der Waals surface area contributed by atoms with E-state index < -0.39 is 11.9 Å². The lowest BCUT2D eigenvalue weighted by atomic mass is 10.4. The van der Waals surface area contributed by atoms with E-state index in [0.29, 0.717) is 13.2 Å². The number of esters is 2. The van der Waals surface area contributed by atoms with Crippen molar-refractivity contribution in [3.05, 3.63) is 12.2 Å². The van der Waals surface area contributed by atoms with E-state index in [2.05, 4.69) is 5.32 Å². The van der Waals surface area contributed by atoms with Crippen molar-refractivity contribution in [2.75, 3.05) is 19.8 Å². The maximum atomic E-state index is 11.0. The fourth-order valence-electron chi connectivity index (χ4n) is 1.43. The summed E-state index contributed by atoms with van der Waals surface area (Å²) in [6, 6.07) is 0. The van der Waals surface area contributed by atoms with E-state index in [0.717, 1.165) is 57.2 Å². The molecule has 0 radical (unpaired) electrons. The highest BCUT2D eigenvalue weighted by molar-refractivity contribution is 5.91. The zero-order chi connectivity index (χ0) is 16.6. The summed E-state index contributed by atoms with van der Waals surface area (Å²) in [7, 11) is 0. The van der Waals surface area contributed by atoms with Gasteiger partial charge in [-0.15, -0.1) is 0 Å². The van der Waals surface area contributed by atoms with E-state index >= 15 is 0 Å². The highest BCUT2D eigenvalue weighted by Crippen LogP contribution is 1.93. The number of hydrogen-bond acceptors (Lipinski definition) is 5. The topological polar surface area (TPSA) is 81.7 Å². The molecule has 1 saturated heterocycles. The van der Waals surface area contributed by atoms with Gasteiger partial charge in [-0.25, -0.2) is 9.59 Å². The first-order valence-electron chi connectivity index (χ1n) is 7.88. The molecule has 0 aliphatic carbocycles. The van der Waals surface area contributed by atoms with Crippen LogP contribution in [0.1, 0.15) is 52.4 Å². The van der Waals surface area contributed by atoms with Crippen LogP contribution in [0.5, 0.6) is 0 Å². The molecule has 0 unspecified atom stereocenters. The van der Waals surface area contributed by atoms with Crippen molar-refractivity contribution in [3.8, 4) is 0 Å². The van der Waals surface area contributed by atoms with Crippen molar-refractivity contribution in [1.82, 2.24) is 5.32 Å². The average Bonchev–Trinajstić information content (AvgIpc) is 2.97. The Morgan fingerprint density at radius 1 is 1.05 bits per heavy atom. The maximum absolute atomic E-state index is 11.0. The first-order chi connectivity index (χ1) is 10.6. The van der Waals surface area contributed by atoms with Gasteiger partial charge in [-0.05, 0) is 19.3 Å². The number of rotatable bonds is 8. The molecular weight excluding hydrogens is 286 g/mol. The Labute approximate surface area is 132 Å². The van der Waals surface area contributed by atoms with Crippen molar-refractivity contribution < 1.29 is 23.9 Å². The van der Waals surface area contributed by atoms with Gasteiger partial charge in [0.15, 0.2) is 0 Å². The molecule has 0 aromatic carbocycles. The molecule has 0 aromatic heterocycles. The predicted octanol–water partition coefficient (Wildman–Crippen LogP) is 2.13. The van der Waals surface area contributed by atoms with Crippen LogP contribution >= 0.6 is 0 Å². The molecular formula is C16H27NO5. The van der Waals surface area contributed by atoms with Gasteiger partial charge in [0, 0.05) is 25.1 Å². The van der Waals surface area contributed by atoms with E-state index in [1.165, 1.54) is 0 Å². The van der Waals surface area contributed by atoms with Crippen molar-refractivity contribution in [2.45, 2.75) is 52.4 Å². The lowest BCUT2D eigenvalue weighted by Crippen LogP contribution is -2.12. The summed E-state index contributed by atoms with van der Waals surface area (Å²) >= 11 is 0. The third-order valence-corrected chi connectivity index (χ3v) is 2.74. The van der Waals surface area contributed by atoms with Crippen molar-refractivity contribution in [3.63, 3.8) is 0 Å². The lowest BCUT2D eigenvalue weighted by Gasteiger charge is -2.00. The van der Waals surface area contributed by atoms with Crippen LogP contribution in [0.4, 0.5) is 0 Å². The molecule has 1 rings (SSSR count). The van der Waals surface area contributed by atoms with Crippen LogP contribution in [0.2, 0.25) is 0 Å². The molecule has 1 aliphatic heterocycles. The summed E-state index contributed by atoms with van der Waals surface area (Å²) in [6.45, 7) is 5.69. The van der Waals surface area contributed by atoms with Gasteiger partial charge in [-0.1, -0.05) is 26.7 Å². The molecule has 0 bridgehead atoms. The second kappa shape index (κ2) is 14.1. The Morgan fingerprint density at radius 2 is 1.55 bits per heavy atom. The molecule has 1 fully saturated rings. The molecule has 0 aromatic rings. The molecule has 6 heteroatoms. The Kier molecular flexibility index (Phi) is 12.9. The highest BCUT2D eigenvalue weighted by Gasteiger charge is 2.05. The summed E-state index contributed by atoms with van der Waals surface area (Å²) < 4.78 is 9.65. The normalized spacial score (nSPS) is 13.3. The van der Waals surface area contributed by atoms with E-state index in [9.17, 15) is 14.4 Å².